The fourth-order valence-electron chi connectivity index (χ4n) is 3.68. The van der Waals surface area contributed by atoms with E-state index < -0.39 is 21.7 Å². The maximum Gasteiger partial charge on any atom is 0.240 e. The Labute approximate surface area is 169 Å². The minimum absolute atomic E-state index is 0.158. The Morgan fingerprint density at radius 2 is 1.79 bits per heavy atom. The van der Waals surface area contributed by atoms with Gasteiger partial charge in [0.25, 0.3) is 0 Å². The zero-order valence-corrected chi connectivity index (χ0v) is 17.1. The van der Waals surface area contributed by atoms with Crippen LogP contribution in [-0.2, 0) is 10.0 Å². The summed E-state index contributed by atoms with van der Waals surface area (Å²) in [5, 5.41) is 0.478. The molecule has 1 N–H and O–H groups in total. The van der Waals surface area contributed by atoms with Gasteiger partial charge in [-0.3, -0.25) is 4.90 Å². The Bertz CT molecular complexity index is 914. The molecule has 3 rings (SSSR count). The molecule has 2 aromatic carbocycles. The summed E-state index contributed by atoms with van der Waals surface area (Å²) < 4.78 is 55.2. The number of nitrogens with one attached hydrogen (secondary N) is 1. The van der Waals surface area contributed by atoms with E-state index in [2.05, 4.69) is 9.62 Å². The van der Waals surface area contributed by atoms with Crippen LogP contribution in [0.25, 0.3) is 0 Å². The maximum absolute atomic E-state index is 14.2. The van der Waals surface area contributed by atoms with Gasteiger partial charge < -0.3 is 0 Å². The molecule has 0 amide bonds. The van der Waals surface area contributed by atoms with Crippen LogP contribution >= 0.6 is 11.6 Å². The highest BCUT2D eigenvalue weighted by molar-refractivity contribution is 7.89. The lowest BCUT2D eigenvalue weighted by molar-refractivity contribution is 0.143. The second kappa shape index (κ2) is 8.86. The Morgan fingerprint density at radius 1 is 1.14 bits per heavy atom. The minimum Gasteiger partial charge on any atom is -0.296 e. The lowest BCUT2D eigenvalue weighted by atomic mass is 9.97. The molecule has 1 heterocycles. The van der Waals surface area contributed by atoms with E-state index in [1.54, 1.807) is 12.1 Å². The molecule has 0 saturated carbocycles. The summed E-state index contributed by atoms with van der Waals surface area (Å²) in [4.78, 5) is 2.31. The summed E-state index contributed by atoms with van der Waals surface area (Å²) in [6, 6.07) is 9.37. The number of sulfonamides is 1. The van der Waals surface area contributed by atoms with Crippen molar-refractivity contribution in [1.29, 1.82) is 0 Å². The number of rotatable bonds is 6. The van der Waals surface area contributed by atoms with Gasteiger partial charge in [-0.05, 0) is 49.6 Å². The van der Waals surface area contributed by atoms with E-state index in [1.165, 1.54) is 24.3 Å². The van der Waals surface area contributed by atoms with E-state index in [9.17, 15) is 17.2 Å². The smallest absolute Gasteiger partial charge is 0.240 e. The second-order valence-electron chi connectivity index (χ2n) is 6.98. The summed E-state index contributed by atoms with van der Waals surface area (Å²) in [5.41, 5.74) is 0.476. The fraction of sp³-hybridized carbons (Fsp3) is 0.400. The number of nitrogens with zero attached hydrogens (tertiary/aromatic N) is 1. The van der Waals surface area contributed by atoms with Gasteiger partial charge in [-0.2, -0.15) is 0 Å². The molecule has 0 aromatic heterocycles. The summed E-state index contributed by atoms with van der Waals surface area (Å²) in [6.07, 6.45) is 1.92. The van der Waals surface area contributed by atoms with Crippen LogP contribution in [0, 0.1) is 11.6 Å². The molecule has 2 aromatic rings. The first-order valence-electron chi connectivity index (χ1n) is 9.27. The van der Waals surface area contributed by atoms with Crippen LogP contribution in [0.1, 0.15) is 37.8 Å². The van der Waals surface area contributed by atoms with E-state index >= 15 is 0 Å². The van der Waals surface area contributed by atoms with Crippen LogP contribution in [0.5, 0.6) is 0 Å². The molecule has 28 heavy (non-hydrogen) atoms. The first-order valence-corrected chi connectivity index (χ1v) is 11.1. The highest BCUT2D eigenvalue weighted by Crippen LogP contribution is 2.30. The molecule has 1 atom stereocenters. The van der Waals surface area contributed by atoms with Crippen molar-refractivity contribution in [3.63, 3.8) is 0 Å². The minimum atomic E-state index is -3.61. The standard InChI is InChI=1S/C20H23ClF2N2O2S/c1-2-20(18-8-5-15(22)13-19(18)23)25-11-9-16(10-12-25)24-28(26,27)17-6-3-14(21)4-7-17/h3-8,13,16,20,24H,2,9-12H2,1H3. The van der Waals surface area contributed by atoms with Gasteiger partial charge in [-0.25, -0.2) is 21.9 Å². The average Bonchev–Trinajstić information content (AvgIpc) is 2.65. The predicted octanol–water partition coefficient (Wildman–Crippen LogP) is 4.51. The van der Waals surface area contributed by atoms with Crippen LogP contribution in [0.3, 0.4) is 0 Å². The molecule has 0 bridgehead atoms. The number of piperidine rings is 1. The van der Waals surface area contributed by atoms with Gasteiger partial charge in [-0.1, -0.05) is 24.6 Å². The van der Waals surface area contributed by atoms with Crippen LogP contribution in [-0.4, -0.2) is 32.4 Å². The Morgan fingerprint density at radius 3 is 2.36 bits per heavy atom. The molecule has 152 valence electrons. The van der Waals surface area contributed by atoms with Gasteiger partial charge in [0, 0.05) is 41.8 Å². The number of halogens is 3. The molecule has 1 aliphatic rings. The van der Waals surface area contributed by atoms with Gasteiger partial charge in [0.15, 0.2) is 0 Å². The molecular formula is C20H23ClF2N2O2S. The summed E-state index contributed by atoms with van der Waals surface area (Å²) >= 11 is 5.82. The first kappa shape index (κ1) is 21.2. The van der Waals surface area contributed by atoms with Gasteiger partial charge >= 0.3 is 0 Å². The lowest BCUT2D eigenvalue weighted by Gasteiger charge is -2.37. The molecule has 4 nitrogen and oxygen atoms in total. The topological polar surface area (TPSA) is 49.4 Å². The third-order valence-electron chi connectivity index (χ3n) is 5.12. The van der Waals surface area contributed by atoms with Gasteiger partial charge in [0.1, 0.15) is 11.6 Å². The molecule has 1 saturated heterocycles. The third-order valence-corrected chi connectivity index (χ3v) is 6.91. The van der Waals surface area contributed by atoms with Gasteiger partial charge in [-0.15, -0.1) is 0 Å². The van der Waals surface area contributed by atoms with Crippen LogP contribution in [0.15, 0.2) is 47.4 Å². The van der Waals surface area contributed by atoms with Crippen molar-refractivity contribution in [1.82, 2.24) is 9.62 Å². The SMILES string of the molecule is CCC(c1ccc(F)cc1F)N1CCC(NS(=O)(=O)c2ccc(Cl)cc2)CC1. The molecule has 8 heteroatoms. The Balaban J connectivity index is 1.64. The highest BCUT2D eigenvalue weighted by atomic mass is 35.5. The van der Waals surface area contributed by atoms with Crippen molar-refractivity contribution < 1.29 is 17.2 Å². The van der Waals surface area contributed by atoms with E-state index in [-0.39, 0.29) is 17.0 Å². The molecular weight excluding hydrogens is 406 g/mol. The highest BCUT2D eigenvalue weighted by Gasteiger charge is 2.29. The third kappa shape index (κ3) is 4.89. The van der Waals surface area contributed by atoms with E-state index in [4.69, 9.17) is 11.6 Å². The van der Waals surface area contributed by atoms with Crippen LogP contribution in [0.4, 0.5) is 8.78 Å². The van der Waals surface area contributed by atoms with Crippen molar-refractivity contribution >= 4 is 21.6 Å². The number of hydrogen-bond donors (Lipinski definition) is 1. The predicted molar refractivity (Wildman–Crippen MR) is 106 cm³/mol. The zero-order valence-electron chi connectivity index (χ0n) is 15.5. The average molecular weight is 429 g/mol. The van der Waals surface area contributed by atoms with E-state index in [0.717, 1.165) is 6.07 Å². The van der Waals surface area contributed by atoms with Crippen molar-refractivity contribution in [3.8, 4) is 0 Å². The number of benzene rings is 2. The van der Waals surface area contributed by atoms with Gasteiger partial charge in [0.2, 0.25) is 10.0 Å². The van der Waals surface area contributed by atoms with Gasteiger partial charge in [0.05, 0.1) is 4.90 Å². The van der Waals surface area contributed by atoms with Crippen molar-refractivity contribution in [2.75, 3.05) is 13.1 Å². The van der Waals surface area contributed by atoms with Crippen LogP contribution in [0.2, 0.25) is 5.02 Å². The van der Waals surface area contributed by atoms with Crippen molar-refractivity contribution in [2.24, 2.45) is 0 Å². The maximum atomic E-state index is 14.2. The number of likely N-dealkylation sites (tertiary alicyclic amines) is 1. The first-order chi connectivity index (χ1) is 13.3. The molecule has 0 aliphatic carbocycles. The summed E-state index contributed by atoms with van der Waals surface area (Å²) in [6.45, 7) is 3.22. The Hall–Kier alpha value is -1.54. The summed E-state index contributed by atoms with van der Waals surface area (Å²) in [5.74, 6) is -1.14. The largest absolute Gasteiger partial charge is 0.296 e. The van der Waals surface area contributed by atoms with Crippen LogP contribution < -0.4 is 4.72 Å². The molecule has 0 radical (unpaired) electrons. The number of hydrogen-bond acceptors (Lipinski definition) is 3. The van der Waals surface area contributed by atoms with Crippen molar-refractivity contribution in [2.45, 2.75) is 43.2 Å². The zero-order chi connectivity index (χ0) is 20.3. The monoisotopic (exact) mass is 428 g/mol. The Kier molecular flexibility index (Phi) is 6.70. The molecule has 1 aliphatic heterocycles. The van der Waals surface area contributed by atoms with E-state index in [1.807, 2.05) is 6.92 Å². The normalized spacial score (nSPS) is 17.6. The quantitative estimate of drug-likeness (QED) is 0.736. The summed E-state index contributed by atoms with van der Waals surface area (Å²) in [7, 11) is -3.61. The molecule has 1 fully saturated rings. The van der Waals surface area contributed by atoms with E-state index in [0.29, 0.717) is 42.9 Å². The molecule has 0 spiro atoms. The fourth-order valence-corrected chi connectivity index (χ4v) is 5.11. The van der Waals surface area contributed by atoms with Crippen molar-refractivity contribution in [3.05, 3.63) is 64.7 Å². The molecule has 1 unspecified atom stereocenters. The second-order valence-corrected chi connectivity index (χ2v) is 9.13. The lowest BCUT2D eigenvalue weighted by Crippen LogP contribution is -2.45.